The highest BCUT2D eigenvalue weighted by atomic mass is 32.2. The van der Waals surface area contributed by atoms with Crippen LogP contribution in [0.5, 0.6) is 0 Å². The Hall–Kier alpha value is -1.55. The maximum Gasteiger partial charge on any atom is 0.498 e. The molecule has 0 aliphatic rings. The summed E-state index contributed by atoms with van der Waals surface area (Å²) in [6, 6.07) is 7.00. The quantitative estimate of drug-likeness (QED) is 0.833. The van der Waals surface area contributed by atoms with E-state index in [0.29, 0.717) is 12.8 Å². The van der Waals surface area contributed by atoms with E-state index in [4.69, 9.17) is 5.26 Å². The van der Waals surface area contributed by atoms with Gasteiger partial charge in [-0.15, -0.1) is 0 Å². The van der Waals surface area contributed by atoms with Crippen LogP contribution < -0.4 is 0 Å². The van der Waals surface area contributed by atoms with Crippen LogP contribution in [0.1, 0.15) is 42.6 Å². The van der Waals surface area contributed by atoms with Gasteiger partial charge in [-0.05, 0) is 24.1 Å². The van der Waals surface area contributed by atoms with E-state index in [1.54, 1.807) is 6.92 Å². The zero-order valence-electron chi connectivity index (χ0n) is 10.8. The summed E-state index contributed by atoms with van der Waals surface area (Å²) in [6.07, 6.45) is 0.879. The van der Waals surface area contributed by atoms with Gasteiger partial charge >= 0.3 is 5.51 Å². The van der Waals surface area contributed by atoms with Crippen LogP contribution in [-0.2, 0) is 9.84 Å². The molecular weight excluding hydrogens is 291 g/mol. The Morgan fingerprint density at radius 1 is 1.25 bits per heavy atom. The Labute approximate surface area is 116 Å². The van der Waals surface area contributed by atoms with Crippen molar-refractivity contribution in [2.75, 3.05) is 0 Å². The lowest BCUT2D eigenvalue weighted by Crippen LogP contribution is -2.29. The van der Waals surface area contributed by atoms with Crippen molar-refractivity contribution in [1.29, 1.82) is 5.26 Å². The summed E-state index contributed by atoms with van der Waals surface area (Å²) in [5.41, 5.74) is -4.94. The first kappa shape index (κ1) is 16.5. The highest BCUT2D eigenvalue weighted by Gasteiger charge is 2.50. The highest BCUT2D eigenvalue weighted by molar-refractivity contribution is 7.92. The third-order valence-corrected chi connectivity index (χ3v) is 4.83. The lowest BCUT2D eigenvalue weighted by Gasteiger charge is -2.19. The molecule has 0 saturated carbocycles. The van der Waals surface area contributed by atoms with Crippen LogP contribution in [0, 0.1) is 11.3 Å². The largest absolute Gasteiger partial charge is 0.498 e. The molecule has 110 valence electrons. The van der Waals surface area contributed by atoms with E-state index in [0.717, 1.165) is 0 Å². The van der Waals surface area contributed by atoms with Gasteiger partial charge in [0.1, 0.15) is 0 Å². The average Bonchev–Trinajstić information content (AvgIpc) is 2.38. The molecule has 0 amide bonds. The number of hydrogen-bond donors (Lipinski definition) is 0. The van der Waals surface area contributed by atoms with Crippen LogP contribution in [0.3, 0.4) is 0 Å². The second-order valence-corrected chi connectivity index (χ2v) is 6.48. The van der Waals surface area contributed by atoms with Crippen LogP contribution in [-0.4, -0.2) is 13.9 Å². The van der Waals surface area contributed by atoms with Crippen LogP contribution in [0.4, 0.5) is 13.2 Å². The average molecular weight is 305 g/mol. The molecule has 3 nitrogen and oxygen atoms in total. The van der Waals surface area contributed by atoms with Gasteiger partial charge in [-0.1, -0.05) is 31.9 Å². The van der Waals surface area contributed by atoms with Gasteiger partial charge in [0.15, 0.2) is 0 Å². The van der Waals surface area contributed by atoms with E-state index in [1.807, 2.05) is 6.07 Å². The zero-order chi connectivity index (χ0) is 15.4. The van der Waals surface area contributed by atoms with Gasteiger partial charge < -0.3 is 0 Å². The number of nitrogens with zero attached hydrogens (tertiary/aromatic N) is 1. The highest BCUT2D eigenvalue weighted by Crippen LogP contribution is 2.38. The molecule has 1 unspecified atom stereocenters. The minimum absolute atomic E-state index is 0.0646. The fraction of sp³-hybridized carbons (Fsp3) is 0.462. The van der Waals surface area contributed by atoms with Crippen LogP contribution in [0.15, 0.2) is 24.3 Å². The topological polar surface area (TPSA) is 57.9 Å². The van der Waals surface area contributed by atoms with Crippen molar-refractivity contribution in [1.82, 2.24) is 0 Å². The van der Waals surface area contributed by atoms with Crippen molar-refractivity contribution < 1.29 is 21.6 Å². The van der Waals surface area contributed by atoms with E-state index in [9.17, 15) is 21.6 Å². The number of alkyl halides is 3. The summed E-state index contributed by atoms with van der Waals surface area (Å²) in [5, 5.41) is 7.03. The molecule has 0 saturated heterocycles. The molecule has 7 heteroatoms. The Kier molecular flexibility index (Phi) is 5.17. The van der Waals surface area contributed by atoms with Crippen molar-refractivity contribution in [2.45, 2.75) is 36.9 Å². The fourth-order valence-electron chi connectivity index (χ4n) is 1.82. The molecule has 0 fully saturated rings. The predicted molar refractivity (Wildman–Crippen MR) is 68.4 cm³/mol. The van der Waals surface area contributed by atoms with E-state index >= 15 is 0 Å². The second-order valence-electron chi connectivity index (χ2n) is 4.36. The standard InChI is InChI=1S/C13H14F3NO2S/c1-2-3-4-12(20(18,19)13(14,15)16)11-7-5-10(9-17)6-8-11/h5-8,12H,2-4H2,1H3. The molecular formula is C13H14F3NO2S. The Bertz CT molecular complexity index is 586. The van der Waals surface area contributed by atoms with E-state index in [1.165, 1.54) is 24.3 Å². The van der Waals surface area contributed by atoms with E-state index < -0.39 is 20.6 Å². The second kappa shape index (κ2) is 6.27. The number of nitriles is 1. The first-order valence-corrected chi connectivity index (χ1v) is 7.59. The van der Waals surface area contributed by atoms with Gasteiger partial charge in [0.2, 0.25) is 0 Å². The molecule has 0 spiro atoms. The van der Waals surface area contributed by atoms with Gasteiger partial charge in [-0.25, -0.2) is 8.42 Å². The van der Waals surface area contributed by atoms with Gasteiger partial charge in [0, 0.05) is 0 Å². The van der Waals surface area contributed by atoms with Crippen molar-refractivity contribution in [3.63, 3.8) is 0 Å². The third-order valence-electron chi connectivity index (χ3n) is 2.93. The van der Waals surface area contributed by atoms with Gasteiger partial charge in [0.25, 0.3) is 9.84 Å². The number of unbranched alkanes of at least 4 members (excludes halogenated alkanes) is 1. The lowest BCUT2D eigenvalue weighted by molar-refractivity contribution is -0.0446. The van der Waals surface area contributed by atoms with Gasteiger partial charge in [0.05, 0.1) is 16.9 Å². The molecule has 1 atom stereocenters. The van der Waals surface area contributed by atoms with Crippen molar-refractivity contribution in [3.8, 4) is 6.07 Å². The first-order chi connectivity index (χ1) is 9.24. The molecule has 0 aliphatic heterocycles. The fourth-order valence-corrected chi connectivity index (χ4v) is 3.14. The number of halogens is 3. The molecule has 20 heavy (non-hydrogen) atoms. The third kappa shape index (κ3) is 3.51. The van der Waals surface area contributed by atoms with Crippen molar-refractivity contribution in [3.05, 3.63) is 35.4 Å². The number of benzene rings is 1. The zero-order valence-corrected chi connectivity index (χ0v) is 11.6. The molecule has 0 aromatic heterocycles. The molecule has 1 aromatic carbocycles. The molecule has 0 heterocycles. The molecule has 0 bridgehead atoms. The normalized spacial score (nSPS) is 13.8. The minimum atomic E-state index is -5.28. The van der Waals surface area contributed by atoms with Crippen LogP contribution in [0.25, 0.3) is 0 Å². The van der Waals surface area contributed by atoms with E-state index in [2.05, 4.69) is 0 Å². The van der Waals surface area contributed by atoms with Gasteiger partial charge in [-0.2, -0.15) is 18.4 Å². The van der Waals surface area contributed by atoms with Gasteiger partial charge in [-0.3, -0.25) is 0 Å². The molecule has 0 N–H and O–H groups in total. The number of rotatable bonds is 5. The molecule has 0 aliphatic carbocycles. The summed E-state index contributed by atoms with van der Waals surface area (Å²) < 4.78 is 61.4. The number of sulfone groups is 1. The summed E-state index contributed by atoms with van der Waals surface area (Å²) >= 11 is 0. The summed E-state index contributed by atoms with van der Waals surface area (Å²) in [4.78, 5) is 0. The van der Waals surface area contributed by atoms with Crippen LogP contribution in [0.2, 0.25) is 0 Å². The smallest absolute Gasteiger partial charge is 0.219 e. The molecule has 0 radical (unpaired) electrons. The Morgan fingerprint density at radius 2 is 1.80 bits per heavy atom. The maximum absolute atomic E-state index is 12.7. The Balaban J connectivity index is 3.22. The van der Waals surface area contributed by atoms with E-state index in [-0.39, 0.29) is 17.5 Å². The first-order valence-electron chi connectivity index (χ1n) is 6.04. The number of hydrogen-bond acceptors (Lipinski definition) is 3. The molecule has 1 rings (SSSR count). The molecule has 1 aromatic rings. The van der Waals surface area contributed by atoms with Crippen molar-refractivity contribution >= 4 is 9.84 Å². The SMILES string of the molecule is CCCCC(c1ccc(C#N)cc1)S(=O)(=O)C(F)(F)F. The maximum atomic E-state index is 12.7. The minimum Gasteiger partial charge on any atom is -0.219 e. The van der Waals surface area contributed by atoms with Crippen LogP contribution >= 0.6 is 0 Å². The summed E-state index contributed by atoms with van der Waals surface area (Å²) in [5.74, 6) is 0. The monoisotopic (exact) mass is 305 g/mol. The Morgan fingerprint density at radius 3 is 2.20 bits per heavy atom. The lowest BCUT2D eigenvalue weighted by atomic mass is 10.1. The summed E-state index contributed by atoms with van der Waals surface area (Å²) in [7, 11) is -5.27. The van der Waals surface area contributed by atoms with Crippen molar-refractivity contribution in [2.24, 2.45) is 0 Å². The summed E-state index contributed by atoms with van der Waals surface area (Å²) in [6.45, 7) is 1.77. The predicted octanol–water partition coefficient (Wildman–Crippen LogP) is 3.72.